The normalized spacial score (nSPS) is 27.1. The van der Waals surface area contributed by atoms with Crippen molar-refractivity contribution in [3.63, 3.8) is 0 Å². The molecule has 1 aromatic carbocycles. The van der Waals surface area contributed by atoms with Crippen molar-refractivity contribution in [3.8, 4) is 0 Å². The number of esters is 1. The predicted molar refractivity (Wildman–Crippen MR) is 62.5 cm³/mol. The van der Waals surface area contributed by atoms with E-state index < -0.39 is 24.4 Å². The van der Waals surface area contributed by atoms with E-state index in [9.17, 15) is 13.6 Å². The summed E-state index contributed by atoms with van der Waals surface area (Å²) in [6.07, 6.45) is -0.170. The van der Waals surface area contributed by atoms with Crippen molar-refractivity contribution in [3.05, 3.63) is 35.9 Å². The lowest BCUT2D eigenvalue weighted by atomic mass is 10.0. The van der Waals surface area contributed by atoms with Crippen molar-refractivity contribution in [1.82, 2.24) is 5.32 Å². The van der Waals surface area contributed by atoms with Gasteiger partial charge < -0.3 is 10.1 Å². The number of carbonyl (C=O) groups is 1. The van der Waals surface area contributed by atoms with Crippen LogP contribution < -0.4 is 5.32 Å². The maximum Gasteiger partial charge on any atom is 0.323 e. The third kappa shape index (κ3) is 3.04. The number of hydrogen-bond donors (Lipinski definition) is 1. The molecule has 2 atom stereocenters. The summed E-state index contributed by atoms with van der Waals surface area (Å²) in [5, 5.41) is 2.64. The maximum absolute atomic E-state index is 13.6. The van der Waals surface area contributed by atoms with Gasteiger partial charge in [-0.05, 0) is 5.56 Å². The fourth-order valence-electron chi connectivity index (χ4n) is 1.91. The van der Waals surface area contributed by atoms with E-state index in [1.807, 2.05) is 30.3 Å². The van der Waals surface area contributed by atoms with Crippen LogP contribution in [-0.2, 0) is 16.1 Å². The minimum atomic E-state index is -1.93. The standard InChI is InChI=1S/C13H15F2NO2/c14-8-13(15)6-11(16-9-13)12(17)18-7-10-4-2-1-3-5-10/h1-5,11,16H,6-9H2/t11-,13?/m0/s1. The zero-order valence-corrected chi connectivity index (χ0v) is 9.86. The molecule has 5 heteroatoms. The lowest BCUT2D eigenvalue weighted by Crippen LogP contribution is -2.32. The molecule has 98 valence electrons. The summed E-state index contributed by atoms with van der Waals surface area (Å²) in [6.45, 7) is -1.08. The summed E-state index contributed by atoms with van der Waals surface area (Å²) >= 11 is 0. The molecule has 0 aliphatic carbocycles. The highest BCUT2D eigenvalue weighted by molar-refractivity contribution is 5.76. The minimum absolute atomic E-state index is 0.144. The van der Waals surface area contributed by atoms with Gasteiger partial charge in [-0.2, -0.15) is 0 Å². The Balaban J connectivity index is 1.83. The largest absolute Gasteiger partial charge is 0.460 e. The van der Waals surface area contributed by atoms with Crippen LogP contribution in [0.25, 0.3) is 0 Å². The van der Waals surface area contributed by atoms with E-state index in [0.717, 1.165) is 5.56 Å². The number of benzene rings is 1. The molecule has 0 amide bonds. The van der Waals surface area contributed by atoms with E-state index in [1.54, 1.807) is 0 Å². The van der Waals surface area contributed by atoms with Crippen LogP contribution in [0.3, 0.4) is 0 Å². The number of alkyl halides is 2. The monoisotopic (exact) mass is 255 g/mol. The van der Waals surface area contributed by atoms with E-state index in [2.05, 4.69) is 5.32 Å². The number of carbonyl (C=O) groups excluding carboxylic acids is 1. The van der Waals surface area contributed by atoms with Crippen LogP contribution in [0.5, 0.6) is 0 Å². The van der Waals surface area contributed by atoms with Gasteiger partial charge in [0, 0.05) is 13.0 Å². The SMILES string of the molecule is O=C(OCc1ccccc1)[C@@H]1CC(F)(CF)CN1. The Morgan fingerprint density at radius 1 is 1.44 bits per heavy atom. The van der Waals surface area contributed by atoms with Crippen molar-refractivity contribution in [2.75, 3.05) is 13.2 Å². The highest BCUT2D eigenvalue weighted by Crippen LogP contribution is 2.25. The first kappa shape index (κ1) is 13.0. The molecule has 0 bridgehead atoms. The molecule has 1 saturated heterocycles. The molecule has 1 aliphatic heterocycles. The van der Waals surface area contributed by atoms with Gasteiger partial charge in [-0.3, -0.25) is 4.79 Å². The third-order valence-corrected chi connectivity index (χ3v) is 2.98. The second-order valence-corrected chi connectivity index (χ2v) is 4.52. The van der Waals surface area contributed by atoms with E-state index in [0.29, 0.717) is 0 Å². The van der Waals surface area contributed by atoms with Crippen molar-refractivity contribution in [1.29, 1.82) is 0 Å². The first-order valence-electron chi connectivity index (χ1n) is 5.82. The molecule has 1 heterocycles. The van der Waals surface area contributed by atoms with Crippen LogP contribution in [0.2, 0.25) is 0 Å². The molecule has 1 N–H and O–H groups in total. The third-order valence-electron chi connectivity index (χ3n) is 2.98. The molecule has 0 aromatic heterocycles. The van der Waals surface area contributed by atoms with Crippen LogP contribution in [0.1, 0.15) is 12.0 Å². The van der Waals surface area contributed by atoms with E-state index >= 15 is 0 Å². The van der Waals surface area contributed by atoms with E-state index in [-0.39, 0.29) is 19.6 Å². The summed E-state index contributed by atoms with van der Waals surface area (Å²) in [6, 6.07) is 8.45. The molecule has 18 heavy (non-hydrogen) atoms. The zero-order valence-electron chi connectivity index (χ0n) is 9.86. The summed E-state index contributed by atoms with van der Waals surface area (Å²) in [5.41, 5.74) is -1.07. The average Bonchev–Trinajstić information content (AvgIpc) is 2.81. The fraction of sp³-hybridized carbons (Fsp3) is 0.462. The highest BCUT2D eigenvalue weighted by Gasteiger charge is 2.43. The number of halogens is 2. The average molecular weight is 255 g/mol. The van der Waals surface area contributed by atoms with Crippen molar-refractivity contribution >= 4 is 5.97 Å². The van der Waals surface area contributed by atoms with Crippen LogP contribution in [0, 0.1) is 0 Å². The second kappa shape index (κ2) is 5.44. The summed E-state index contributed by atoms with van der Waals surface area (Å²) in [5.74, 6) is -0.535. The topological polar surface area (TPSA) is 38.3 Å². The lowest BCUT2D eigenvalue weighted by molar-refractivity contribution is -0.147. The number of nitrogens with one attached hydrogen (secondary N) is 1. The van der Waals surface area contributed by atoms with Gasteiger partial charge in [-0.25, -0.2) is 8.78 Å². The smallest absolute Gasteiger partial charge is 0.323 e. The van der Waals surface area contributed by atoms with E-state index in [4.69, 9.17) is 4.74 Å². The molecular formula is C13H15F2NO2. The first-order chi connectivity index (χ1) is 8.63. The Kier molecular flexibility index (Phi) is 3.91. The van der Waals surface area contributed by atoms with Gasteiger partial charge in [-0.15, -0.1) is 0 Å². The quantitative estimate of drug-likeness (QED) is 0.833. The fourth-order valence-corrected chi connectivity index (χ4v) is 1.91. The van der Waals surface area contributed by atoms with Gasteiger partial charge in [0.25, 0.3) is 0 Å². The lowest BCUT2D eigenvalue weighted by Gasteiger charge is -2.13. The van der Waals surface area contributed by atoms with Crippen LogP contribution in [-0.4, -0.2) is 30.9 Å². The van der Waals surface area contributed by atoms with Crippen molar-refractivity contribution in [2.24, 2.45) is 0 Å². The molecule has 2 rings (SSSR count). The molecule has 0 radical (unpaired) electrons. The maximum atomic E-state index is 13.6. The predicted octanol–water partition coefficient (Wildman–Crippen LogP) is 1.77. The van der Waals surface area contributed by atoms with Gasteiger partial charge in [0.05, 0.1) is 0 Å². The Morgan fingerprint density at radius 2 is 2.17 bits per heavy atom. The Bertz CT molecular complexity index is 413. The van der Waals surface area contributed by atoms with Crippen LogP contribution >= 0.6 is 0 Å². The van der Waals surface area contributed by atoms with Crippen molar-refractivity contribution < 1.29 is 18.3 Å². The van der Waals surface area contributed by atoms with Crippen LogP contribution in [0.4, 0.5) is 8.78 Å². The number of ether oxygens (including phenoxy) is 1. The first-order valence-corrected chi connectivity index (χ1v) is 5.82. The molecular weight excluding hydrogens is 240 g/mol. The highest BCUT2D eigenvalue weighted by atomic mass is 19.2. The Hall–Kier alpha value is -1.49. The molecule has 1 fully saturated rings. The Labute approximate surface area is 104 Å². The van der Waals surface area contributed by atoms with Gasteiger partial charge >= 0.3 is 5.97 Å². The minimum Gasteiger partial charge on any atom is -0.460 e. The van der Waals surface area contributed by atoms with Crippen molar-refractivity contribution in [2.45, 2.75) is 24.7 Å². The van der Waals surface area contributed by atoms with Gasteiger partial charge in [0.15, 0.2) is 5.67 Å². The molecule has 0 spiro atoms. The van der Waals surface area contributed by atoms with E-state index in [1.165, 1.54) is 0 Å². The molecule has 1 unspecified atom stereocenters. The molecule has 3 nitrogen and oxygen atoms in total. The zero-order chi connectivity index (χ0) is 13.0. The number of hydrogen-bond acceptors (Lipinski definition) is 3. The molecule has 1 aromatic rings. The summed E-state index contributed by atoms with van der Waals surface area (Å²) in [4.78, 5) is 11.6. The van der Waals surface area contributed by atoms with Gasteiger partial charge in [-0.1, -0.05) is 30.3 Å². The summed E-state index contributed by atoms with van der Waals surface area (Å²) < 4.78 is 31.0. The summed E-state index contributed by atoms with van der Waals surface area (Å²) in [7, 11) is 0. The molecule has 1 aliphatic rings. The van der Waals surface area contributed by atoms with Crippen LogP contribution in [0.15, 0.2) is 30.3 Å². The second-order valence-electron chi connectivity index (χ2n) is 4.52. The van der Waals surface area contributed by atoms with Gasteiger partial charge in [0.2, 0.25) is 0 Å². The number of rotatable bonds is 4. The molecule has 0 saturated carbocycles. The Morgan fingerprint density at radius 3 is 2.78 bits per heavy atom. The van der Waals surface area contributed by atoms with Gasteiger partial charge in [0.1, 0.15) is 19.3 Å².